The van der Waals surface area contributed by atoms with Crippen LogP contribution in [-0.4, -0.2) is 70.7 Å². The molecule has 2 unspecified atom stereocenters. The van der Waals surface area contributed by atoms with Gasteiger partial charge in [0.05, 0.1) is 42.7 Å². The average molecular weight is 541 g/mol. The van der Waals surface area contributed by atoms with Gasteiger partial charge in [-0.2, -0.15) is 0 Å². The van der Waals surface area contributed by atoms with Gasteiger partial charge in [-0.1, -0.05) is 50.6 Å². The van der Waals surface area contributed by atoms with Crippen molar-refractivity contribution in [2.24, 2.45) is 11.8 Å². The molecule has 1 spiro atoms. The normalized spacial score (nSPS) is 33.2. The quantitative estimate of drug-likeness (QED) is 0.277. The number of hydrogen-bond donors (Lipinski definition) is 2. The fourth-order valence-corrected chi connectivity index (χ4v) is 5.30. The molecule has 4 rings (SSSR count). The molecule has 9 nitrogen and oxygen atoms in total. The summed E-state index contributed by atoms with van der Waals surface area (Å²) in [6, 6.07) is -0.202. The Morgan fingerprint density at radius 1 is 1.21 bits per heavy atom. The molecule has 0 aromatic carbocycles. The first kappa shape index (κ1) is 29.2. The van der Waals surface area contributed by atoms with Crippen molar-refractivity contribution in [3.05, 3.63) is 54.7 Å². The summed E-state index contributed by atoms with van der Waals surface area (Å²) in [5.41, 5.74) is 1.02. The van der Waals surface area contributed by atoms with E-state index in [1.165, 1.54) is 10.9 Å². The minimum atomic E-state index is -0.219. The van der Waals surface area contributed by atoms with Crippen LogP contribution >= 0.6 is 0 Å². The number of hydrogen-bond acceptors (Lipinski definition) is 6. The van der Waals surface area contributed by atoms with Crippen molar-refractivity contribution in [2.75, 3.05) is 13.2 Å². The monoisotopic (exact) mass is 540 g/mol. The van der Waals surface area contributed by atoms with Crippen LogP contribution < -0.4 is 10.6 Å². The average Bonchev–Trinajstić information content (AvgIpc) is 3.38. The van der Waals surface area contributed by atoms with Crippen molar-refractivity contribution >= 4 is 11.9 Å². The number of allylic oxidation sites excluding steroid dienone is 3. The van der Waals surface area contributed by atoms with Gasteiger partial charge in [0.15, 0.2) is 0 Å². The highest BCUT2D eigenvalue weighted by molar-refractivity contribution is 5.87. The van der Waals surface area contributed by atoms with Crippen LogP contribution in [-0.2, 0) is 19.0 Å². The van der Waals surface area contributed by atoms with Gasteiger partial charge in [-0.25, -0.2) is 9.78 Å². The molecule has 3 aliphatic rings. The highest BCUT2D eigenvalue weighted by Crippen LogP contribution is 2.42. The molecule has 7 atom stereocenters. The zero-order chi connectivity index (χ0) is 28.0. The summed E-state index contributed by atoms with van der Waals surface area (Å²) in [5.74, 6) is 0.626. The summed E-state index contributed by atoms with van der Waals surface area (Å²) < 4.78 is 19.8. The Hall–Kier alpha value is -2.75. The molecule has 0 saturated carbocycles. The fourth-order valence-electron chi connectivity index (χ4n) is 5.30. The van der Waals surface area contributed by atoms with E-state index < -0.39 is 0 Å². The summed E-state index contributed by atoms with van der Waals surface area (Å²) >= 11 is 0. The molecular weight excluding hydrogens is 496 g/mol. The Labute approximate surface area is 232 Å². The van der Waals surface area contributed by atoms with E-state index in [-0.39, 0.29) is 48.0 Å². The van der Waals surface area contributed by atoms with Gasteiger partial charge >= 0.3 is 6.03 Å². The van der Waals surface area contributed by atoms with Crippen LogP contribution in [0.4, 0.5) is 4.79 Å². The van der Waals surface area contributed by atoms with Gasteiger partial charge < -0.3 is 24.8 Å². The van der Waals surface area contributed by atoms with Gasteiger partial charge in [0.25, 0.3) is 0 Å². The third-order valence-corrected chi connectivity index (χ3v) is 7.74. The first-order chi connectivity index (χ1) is 18.6. The molecule has 3 fully saturated rings. The van der Waals surface area contributed by atoms with Crippen molar-refractivity contribution < 1.29 is 23.8 Å². The lowest BCUT2D eigenvalue weighted by molar-refractivity contribution is -0.123. The predicted molar refractivity (Wildman–Crippen MR) is 149 cm³/mol. The minimum absolute atomic E-state index is 0.0172. The fraction of sp³-hybridized carbons (Fsp3) is 0.633. The highest BCUT2D eigenvalue weighted by atomic mass is 16.6. The van der Waals surface area contributed by atoms with Gasteiger partial charge in [0.1, 0.15) is 6.33 Å². The number of carbonyl (C=O) groups is 2. The van der Waals surface area contributed by atoms with Crippen LogP contribution in [0.2, 0.25) is 0 Å². The molecule has 0 radical (unpaired) electrons. The van der Waals surface area contributed by atoms with Crippen molar-refractivity contribution in [3.8, 4) is 0 Å². The maximum atomic E-state index is 12.3. The second kappa shape index (κ2) is 13.1. The molecule has 0 bridgehead atoms. The smallest absolute Gasteiger partial charge is 0.326 e. The first-order valence-electron chi connectivity index (χ1n) is 14.2. The van der Waals surface area contributed by atoms with Crippen LogP contribution in [0.15, 0.2) is 54.7 Å². The van der Waals surface area contributed by atoms with E-state index in [0.717, 1.165) is 37.9 Å². The molecular formula is C30H44N4O5. The highest BCUT2D eigenvalue weighted by Gasteiger charge is 2.51. The predicted octanol–water partition coefficient (Wildman–Crippen LogP) is 4.16. The Morgan fingerprint density at radius 3 is 2.69 bits per heavy atom. The van der Waals surface area contributed by atoms with Crippen LogP contribution in [0.5, 0.6) is 0 Å². The van der Waals surface area contributed by atoms with Crippen LogP contribution in [0.25, 0.3) is 0 Å². The van der Waals surface area contributed by atoms with E-state index in [4.69, 9.17) is 14.2 Å². The van der Waals surface area contributed by atoms with E-state index in [0.29, 0.717) is 18.4 Å². The van der Waals surface area contributed by atoms with Crippen molar-refractivity contribution in [3.63, 3.8) is 0 Å². The molecule has 1 aromatic rings. The largest absolute Gasteiger partial charge is 0.373 e. The Kier molecular flexibility index (Phi) is 9.80. The van der Waals surface area contributed by atoms with Crippen molar-refractivity contribution in [1.29, 1.82) is 0 Å². The van der Waals surface area contributed by atoms with Crippen LogP contribution in [0.1, 0.15) is 60.3 Å². The topological polar surface area (TPSA) is 107 Å². The summed E-state index contributed by atoms with van der Waals surface area (Å²) in [7, 11) is 0. The molecule has 4 heterocycles. The number of imidazole rings is 1. The third-order valence-electron chi connectivity index (χ3n) is 7.74. The maximum absolute atomic E-state index is 12.3. The number of amides is 2. The van der Waals surface area contributed by atoms with Gasteiger partial charge in [-0.15, -0.1) is 0 Å². The van der Waals surface area contributed by atoms with Crippen LogP contribution in [0.3, 0.4) is 0 Å². The lowest BCUT2D eigenvalue weighted by Gasteiger charge is -2.39. The SMILES string of the molecule is CC(/C=C/C1C[C@]2(CO2)C[C@@H](CNC(=O)n2ccnc2)O1)=C\C[C@@H]1O[C@H](C)C(NC(=O)/C=C\C(C)C)C[C@@H]1C. The molecule has 2 N–H and O–H groups in total. The van der Waals surface area contributed by atoms with E-state index >= 15 is 0 Å². The van der Waals surface area contributed by atoms with E-state index in [2.05, 4.69) is 61.5 Å². The second-order valence-corrected chi connectivity index (χ2v) is 11.7. The number of nitrogens with zero attached hydrogens (tertiary/aromatic N) is 2. The molecule has 3 saturated heterocycles. The Balaban J connectivity index is 1.24. The van der Waals surface area contributed by atoms with E-state index in [1.807, 2.05) is 13.0 Å². The van der Waals surface area contributed by atoms with Crippen molar-refractivity contribution in [2.45, 2.75) is 96.4 Å². The standard InChI is InChI=1S/C30H44N4O5/c1-20(2)6-11-28(35)33-26-14-22(4)27(38-23(26)5)10-8-21(3)7-9-24-15-30(18-37-30)16-25(39-24)17-32-29(36)34-13-12-31-19-34/h6-9,11-13,19-20,22-27H,10,14-18H2,1-5H3,(H,32,36)(H,33,35)/b9-7+,11-6-,21-8+/t22-,23+,24?,25-,26?,27-,30+/m0/s1. The lowest BCUT2D eigenvalue weighted by Crippen LogP contribution is -2.50. The van der Waals surface area contributed by atoms with Crippen LogP contribution in [0, 0.1) is 11.8 Å². The summed E-state index contributed by atoms with van der Waals surface area (Å²) in [6.07, 6.45) is 17.8. The number of ether oxygens (including phenoxy) is 3. The minimum Gasteiger partial charge on any atom is -0.373 e. The lowest BCUT2D eigenvalue weighted by atomic mass is 9.88. The van der Waals surface area contributed by atoms with Gasteiger partial charge in [0.2, 0.25) is 5.91 Å². The first-order valence-corrected chi connectivity index (χ1v) is 14.2. The maximum Gasteiger partial charge on any atom is 0.326 e. The van der Waals surface area contributed by atoms with E-state index in [1.54, 1.807) is 18.5 Å². The molecule has 39 heavy (non-hydrogen) atoms. The number of carbonyl (C=O) groups excluding carboxylic acids is 2. The molecule has 3 aliphatic heterocycles. The number of epoxide rings is 1. The number of nitrogens with one attached hydrogen (secondary N) is 2. The molecule has 0 aliphatic carbocycles. The zero-order valence-electron chi connectivity index (χ0n) is 23.8. The second-order valence-electron chi connectivity index (χ2n) is 11.7. The molecule has 9 heteroatoms. The molecule has 2 amide bonds. The van der Waals surface area contributed by atoms with Gasteiger partial charge in [0, 0.05) is 31.8 Å². The Morgan fingerprint density at radius 2 is 2.00 bits per heavy atom. The van der Waals surface area contributed by atoms with Gasteiger partial charge in [-0.3, -0.25) is 9.36 Å². The van der Waals surface area contributed by atoms with Crippen molar-refractivity contribution in [1.82, 2.24) is 20.2 Å². The summed E-state index contributed by atoms with van der Waals surface area (Å²) in [5, 5.41) is 6.03. The molecule has 1 aromatic heterocycles. The summed E-state index contributed by atoms with van der Waals surface area (Å²) in [4.78, 5) is 28.4. The third kappa shape index (κ3) is 8.62. The zero-order valence-corrected chi connectivity index (χ0v) is 23.8. The molecule has 214 valence electrons. The van der Waals surface area contributed by atoms with Gasteiger partial charge in [-0.05, 0) is 44.6 Å². The van der Waals surface area contributed by atoms with E-state index in [9.17, 15) is 9.59 Å². The summed E-state index contributed by atoms with van der Waals surface area (Å²) in [6.45, 7) is 11.6. The Bertz CT molecular complexity index is 1060. The number of aromatic nitrogens is 2. The number of rotatable bonds is 9.